The molecular weight excluding hydrogens is 330 g/mol. The Labute approximate surface area is 152 Å². The second kappa shape index (κ2) is 6.75. The van der Waals surface area contributed by atoms with Gasteiger partial charge in [-0.05, 0) is 36.2 Å². The molecule has 0 saturated heterocycles. The minimum Gasteiger partial charge on any atom is -0.486 e. The van der Waals surface area contributed by atoms with Gasteiger partial charge in [-0.1, -0.05) is 18.2 Å². The van der Waals surface area contributed by atoms with E-state index >= 15 is 0 Å². The van der Waals surface area contributed by atoms with E-state index in [-0.39, 0.29) is 5.91 Å². The Bertz CT molecular complexity index is 960. The summed E-state index contributed by atoms with van der Waals surface area (Å²) < 4.78 is 16.7. The molecule has 4 rings (SSSR count). The third-order valence-corrected chi connectivity index (χ3v) is 4.60. The van der Waals surface area contributed by atoms with Crippen molar-refractivity contribution < 1.29 is 18.7 Å². The average Bonchev–Trinajstić information content (AvgIpc) is 3.03. The van der Waals surface area contributed by atoms with E-state index < -0.39 is 0 Å². The number of ether oxygens (including phenoxy) is 2. The van der Waals surface area contributed by atoms with Crippen molar-refractivity contribution in [3.63, 3.8) is 0 Å². The van der Waals surface area contributed by atoms with E-state index in [2.05, 4.69) is 0 Å². The molecule has 0 N–H and O–H groups in total. The number of fused-ring (bicyclic) bond motifs is 2. The van der Waals surface area contributed by atoms with Crippen LogP contribution in [0.25, 0.3) is 11.0 Å². The molecule has 1 aliphatic heterocycles. The van der Waals surface area contributed by atoms with E-state index in [4.69, 9.17) is 13.9 Å². The normalized spacial score (nSPS) is 13.0. The highest BCUT2D eigenvalue weighted by Crippen LogP contribution is 2.31. The lowest BCUT2D eigenvalue weighted by atomic mass is 10.1. The Morgan fingerprint density at radius 2 is 1.88 bits per heavy atom. The van der Waals surface area contributed by atoms with Gasteiger partial charge in [-0.2, -0.15) is 0 Å². The van der Waals surface area contributed by atoms with Crippen LogP contribution in [-0.4, -0.2) is 31.1 Å². The lowest BCUT2D eigenvalue weighted by Gasteiger charge is -2.21. The van der Waals surface area contributed by atoms with E-state index in [1.54, 1.807) is 11.2 Å². The Morgan fingerprint density at radius 3 is 2.73 bits per heavy atom. The molecule has 0 aliphatic carbocycles. The van der Waals surface area contributed by atoms with Crippen molar-refractivity contribution >= 4 is 16.9 Å². The highest BCUT2D eigenvalue weighted by molar-refractivity contribution is 5.87. The molecule has 0 radical (unpaired) electrons. The summed E-state index contributed by atoms with van der Waals surface area (Å²) in [6.07, 6.45) is 2.00. The summed E-state index contributed by atoms with van der Waals surface area (Å²) in [5.74, 6) is 1.54. The van der Waals surface area contributed by atoms with Crippen molar-refractivity contribution in [2.75, 3.05) is 20.3 Å². The van der Waals surface area contributed by atoms with E-state index in [0.717, 1.165) is 39.2 Å². The third kappa shape index (κ3) is 3.25. The lowest BCUT2D eigenvalue weighted by molar-refractivity contribution is -0.129. The number of rotatable bonds is 4. The van der Waals surface area contributed by atoms with Crippen molar-refractivity contribution in [2.45, 2.75) is 19.9 Å². The van der Waals surface area contributed by atoms with Crippen LogP contribution in [0.3, 0.4) is 0 Å². The zero-order valence-corrected chi connectivity index (χ0v) is 15.0. The molecule has 0 fully saturated rings. The summed E-state index contributed by atoms with van der Waals surface area (Å²) in [5.41, 5.74) is 3.89. The second-order valence-electron chi connectivity index (χ2n) is 6.67. The van der Waals surface area contributed by atoms with Gasteiger partial charge in [0.2, 0.25) is 5.91 Å². The first-order valence-electron chi connectivity index (χ1n) is 8.69. The van der Waals surface area contributed by atoms with Crippen molar-refractivity contribution in [2.24, 2.45) is 0 Å². The minimum atomic E-state index is 0.0446. The number of nitrogens with zero attached hydrogens (tertiary/aromatic N) is 1. The van der Waals surface area contributed by atoms with Crippen molar-refractivity contribution in [1.29, 1.82) is 0 Å². The molecule has 2 heterocycles. The van der Waals surface area contributed by atoms with Crippen LogP contribution < -0.4 is 9.47 Å². The fourth-order valence-corrected chi connectivity index (χ4v) is 3.17. The van der Waals surface area contributed by atoms with Gasteiger partial charge in [-0.3, -0.25) is 4.79 Å². The van der Waals surface area contributed by atoms with Gasteiger partial charge in [0.1, 0.15) is 18.8 Å². The Balaban J connectivity index is 1.46. The largest absolute Gasteiger partial charge is 0.486 e. The predicted molar refractivity (Wildman–Crippen MR) is 98.6 cm³/mol. The molecule has 0 bridgehead atoms. The van der Waals surface area contributed by atoms with Gasteiger partial charge in [-0.25, -0.2) is 0 Å². The molecule has 5 heteroatoms. The van der Waals surface area contributed by atoms with E-state index in [9.17, 15) is 4.79 Å². The molecule has 1 aliphatic rings. The SMILES string of the molecule is Cc1ccc2c(CC(=O)N(C)Cc3ccc4c(c3)OCCO4)coc2c1. The monoisotopic (exact) mass is 351 g/mol. The van der Waals surface area contributed by atoms with Crippen molar-refractivity contribution in [3.05, 3.63) is 59.4 Å². The first-order chi connectivity index (χ1) is 12.6. The van der Waals surface area contributed by atoms with Gasteiger partial charge in [0.05, 0.1) is 12.7 Å². The molecule has 2 aromatic carbocycles. The van der Waals surface area contributed by atoms with Crippen LogP contribution in [0.2, 0.25) is 0 Å². The van der Waals surface area contributed by atoms with Crippen molar-refractivity contribution in [3.8, 4) is 11.5 Å². The summed E-state index contributed by atoms with van der Waals surface area (Å²) >= 11 is 0. The molecule has 1 aromatic heterocycles. The fraction of sp³-hybridized carbons (Fsp3) is 0.286. The number of amides is 1. The van der Waals surface area contributed by atoms with Crippen LogP contribution in [0.15, 0.2) is 47.1 Å². The van der Waals surface area contributed by atoms with Crippen LogP contribution in [0.4, 0.5) is 0 Å². The molecule has 0 spiro atoms. The minimum absolute atomic E-state index is 0.0446. The Hall–Kier alpha value is -2.95. The average molecular weight is 351 g/mol. The maximum absolute atomic E-state index is 12.6. The molecule has 3 aromatic rings. The van der Waals surface area contributed by atoms with Crippen molar-refractivity contribution in [1.82, 2.24) is 4.90 Å². The topological polar surface area (TPSA) is 51.9 Å². The van der Waals surface area contributed by atoms with Crippen LogP contribution in [-0.2, 0) is 17.8 Å². The van der Waals surface area contributed by atoms with Gasteiger partial charge in [0, 0.05) is 24.5 Å². The van der Waals surface area contributed by atoms with E-state index in [1.165, 1.54) is 0 Å². The first kappa shape index (κ1) is 16.5. The molecular formula is C21H21NO4. The first-order valence-corrected chi connectivity index (χ1v) is 8.69. The van der Waals surface area contributed by atoms with Crippen LogP contribution in [0.1, 0.15) is 16.7 Å². The van der Waals surface area contributed by atoms with Gasteiger partial charge < -0.3 is 18.8 Å². The summed E-state index contributed by atoms with van der Waals surface area (Å²) in [6, 6.07) is 11.8. The fourth-order valence-electron chi connectivity index (χ4n) is 3.17. The van der Waals surface area contributed by atoms with Gasteiger partial charge in [-0.15, -0.1) is 0 Å². The zero-order chi connectivity index (χ0) is 18.1. The second-order valence-corrected chi connectivity index (χ2v) is 6.67. The zero-order valence-electron chi connectivity index (χ0n) is 15.0. The molecule has 0 unspecified atom stereocenters. The molecule has 5 nitrogen and oxygen atoms in total. The van der Waals surface area contributed by atoms with Crippen LogP contribution >= 0.6 is 0 Å². The van der Waals surface area contributed by atoms with Crippen LogP contribution in [0, 0.1) is 6.92 Å². The summed E-state index contributed by atoms with van der Waals surface area (Å²) in [5, 5.41) is 0.997. The van der Waals surface area contributed by atoms with Gasteiger partial charge in [0.15, 0.2) is 11.5 Å². The smallest absolute Gasteiger partial charge is 0.227 e. The maximum Gasteiger partial charge on any atom is 0.227 e. The molecule has 26 heavy (non-hydrogen) atoms. The number of aryl methyl sites for hydroxylation is 1. The summed E-state index contributed by atoms with van der Waals surface area (Å²) in [4.78, 5) is 14.4. The number of hydrogen-bond acceptors (Lipinski definition) is 4. The molecule has 1 amide bonds. The van der Waals surface area contributed by atoms with Gasteiger partial charge >= 0.3 is 0 Å². The highest BCUT2D eigenvalue weighted by Gasteiger charge is 2.16. The van der Waals surface area contributed by atoms with E-state index in [0.29, 0.717) is 26.2 Å². The van der Waals surface area contributed by atoms with Crippen LogP contribution in [0.5, 0.6) is 11.5 Å². The molecule has 134 valence electrons. The Kier molecular flexibility index (Phi) is 4.29. The summed E-state index contributed by atoms with van der Waals surface area (Å²) in [7, 11) is 1.81. The number of furan rings is 1. The molecule has 0 saturated carbocycles. The third-order valence-electron chi connectivity index (χ3n) is 4.60. The quantitative estimate of drug-likeness (QED) is 0.719. The highest BCUT2D eigenvalue weighted by atomic mass is 16.6. The number of carbonyl (C=O) groups excluding carboxylic acids is 1. The standard InChI is InChI=1S/C21H21NO4/c1-14-3-5-17-16(13-26-19(17)9-14)11-21(23)22(2)12-15-4-6-18-20(10-15)25-8-7-24-18/h3-6,9-10,13H,7-8,11-12H2,1-2H3. The maximum atomic E-state index is 12.6. The van der Waals surface area contributed by atoms with Gasteiger partial charge in [0.25, 0.3) is 0 Å². The number of benzene rings is 2. The number of likely N-dealkylation sites (N-methyl/N-ethyl adjacent to an activating group) is 1. The number of hydrogen-bond donors (Lipinski definition) is 0. The molecule has 0 atom stereocenters. The number of carbonyl (C=O) groups is 1. The summed E-state index contributed by atoms with van der Waals surface area (Å²) in [6.45, 7) is 3.67. The lowest BCUT2D eigenvalue weighted by Crippen LogP contribution is -2.27. The Morgan fingerprint density at radius 1 is 1.08 bits per heavy atom. The van der Waals surface area contributed by atoms with E-state index in [1.807, 2.05) is 50.4 Å². The predicted octanol–water partition coefficient (Wildman–Crippen LogP) is 3.71.